The maximum atomic E-state index is 10.0. The summed E-state index contributed by atoms with van der Waals surface area (Å²) in [4.78, 5) is 0.574. The van der Waals surface area contributed by atoms with Crippen LogP contribution in [-0.4, -0.2) is 9.11 Å². The number of fused-ring (bicyclic) bond motifs is 1. The summed E-state index contributed by atoms with van der Waals surface area (Å²) < 4.78 is 23.0. The predicted molar refractivity (Wildman–Crippen MR) is 74.0 cm³/mol. The maximum Gasteiger partial charge on any atom is 0.0802 e. The molecule has 0 spiro atoms. The lowest BCUT2D eigenvalue weighted by Gasteiger charge is -2.28. The quantitative estimate of drug-likeness (QED) is 0.739. The van der Waals surface area contributed by atoms with Crippen molar-refractivity contribution in [1.29, 1.82) is 0 Å². The fraction of sp³-hybridized carbons (Fsp3) is 0.0769. The summed E-state index contributed by atoms with van der Waals surface area (Å²) in [6.45, 7) is 0. The van der Waals surface area contributed by atoms with Crippen LogP contribution in [0.15, 0.2) is 53.4 Å². The van der Waals surface area contributed by atoms with Crippen molar-refractivity contribution in [2.75, 3.05) is 0 Å². The molecule has 1 aliphatic rings. The second-order valence-electron chi connectivity index (χ2n) is 4.19. The van der Waals surface area contributed by atoms with Crippen molar-refractivity contribution < 1.29 is 9.11 Å². The third kappa shape index (κ3) is 1.92. The third-order valence-electron chi connectivity index (χ3n) is 3.02. The fourth-order valence-corrected chi connectivity index (χ4v) is 3.80. The summed E-state index contributed by atoms with van der Waals surface area (Å²) >= 11 is 5.86. The van der Waals surface area contributed by atoms with E-state index in [0.29, 0.717) is 9.92 Å². The Morgan fingerprint density at radius 1 is 1.00 bits per heavy atom. The lowest BCUT2D eigenvalue weighted by Crippen LogP contribution is -2.17. The zero-order chi connectivity index (χ0) is 12.8. The fourth-order valence-electron chi connectivity index (χ4n) is 2.17. The van der Waals surface area contributed by atoms with Gasteiger partial charge in [0.1, 0.15) is 0 Å². The Balaban J connectivity index is 2.08. The highest BCUT2D eigenvalue weighted by atomic mass is 35.5. The summed E-state index contributed by atoms with van der Waals surface area (Å²) in [7, 11) is -2.90. The Hall–Kier alpha value is -1.04. The Bertz CT molecular complexity index is 586. The number of rotatable bonds is 1. The van der Waals surface area contributed by atoms with E-state index in [1.54, 1.807) is 24.3 Å². The highest BCUT2D eigenvalue weighted by Gasteiger charge is 2.34. The van der Waals surface area contributed by atoms with Gasteiger partial charge in [0.15, 0.2) is 0 Å². The Labute approximate surface area is 112 Å². The molecule has 0 amide bonds. The van der Waals surface area contributed by atoms with Gasteiger partial charge in [0.2, 0.25) is 0 Å². The SMILES string of the molecule is OS1(O)NC(c2ccc(Cl)cc2)c2ccccc21. The van der Waals surface area contributed by atoms with Gasteiger partial charge in [0.25, 0.3) is 0 Å². The van der Waals surface area contributed by atoms with Gasteiger partial charge in [0, 0.05) is 5.02 Å². The normalized spacial score (nSPS) is 22.5. The summed E-state index contributed by atoms with van der Waals surface area (Å²) in [5.74, 6) is 0. The van der Waals surface area contributed by atoms with Crippen LogP contribution in [-0.2, 0) is 0 Å². The number of benzene rings is 2. The van der Waals surface area contributed by atoms with E-state index in [2.05, 4.69) is 4.72 Å². The first-order valence-corrected chi connectivity index (χ1v) is 7.40. The molecular formula is C13H12ClNO2S. The zero-order valence-corrected chi connectivity index (χ0v) is 10.9. The van der Waals surface area contributed by atoms with Crippen LogP contribution < -0.4 is 4.72 Å². The van der Waals surface area contributed by atoms with Crippen LogP contribution in [0.5, 0.6) is 0 Å². The molecule has 1 aliphatic heterocycles. The van der Waals surface area contributed by atoms with Gasteiger partial charge in [0.05, 0.1) is 10.9 Å². The van der Waals surface area contributed by atoms with Crippen molar-refractivity contribution in [3.63, 3.8) is 0 Å². The van der Waals surface area contributed by atoms with Gasteiger partial charge >= 0.3 is 0 Å². The lowest BCUT2D eigenvalue weighted by molar-refractivity contribution is 0.475. The van der Waals surface area contributed by atoms with Crippen LogP contribution in [0.4, 0.5) is 0 Å². The maximum absolute atomic E-state index is 10.0. The molecule has 5 heteroatoms. The van der Waals surface area contributed by atoms with Gasteiger partial charge < -0.3 is 0 Å². The van der Waals surface area contributed by atoms with E-state index in [4.69, 9.17) is 11.6 Å². The van der Waals surface area contributed by atoms with Crippen molar-refractivity contribution in [1.82, 2.24) is 4.72 Å². The minimum absolute atomic E-state index is 0.205. The molecule has 0 bridgehead atoms. The van der Waals surface area contributed by atoms with E-state index in [1.807, 2.05) is 24.3 Å². The van der Waals surface area contributed by atoms with Crippen LogP contribution in [0, 0.1) is 0 Å². The van der Waals surface area contributed by atoms with Crippen molar-refractivity contribution in [2.24, 2.45) is 0 Å². The molecule has 3 N–H and O–H groups in total. The molecule has 18 heavy (non-hydrogen) atoms. The Kier molecular flexibility index (Phi) is 2.84. The molecule has 2 aromatic rings. The Morgan fingerprint density at radius 2 is 1.67 bits per heavy atom. The second-order valence-corrected chi connectivity index (χ2v) is 6.40. The van der Waals surface area contributed by atoms with Gasteiger partial charge in [-0.1, -0.05) is 41.9 Å². The number of hydrogen-bond donors (Lipinski definition) is 3. The van der Waals surface area contributed by atoms with Gasteiger partial charge in [-0.15, -0.1) is 10.8 Å². The highest BCUT2D eigenvalue weighted by molar-refractivity contribution is 8.23. The van der Waals surface area contributed by atoms with E-state index in [0.717, 1.165) is 11.1 Å². The van der Waals surface area contributed by atoms with Gasteiger partial charge in [-0.25, -0.2) is 4.72 Å². The van der Waals surface area contributed by atoms with Crippen LogP contribution >= 0.6 is 22.4 Å². The van der Waals surface area contributed by atoms with Crippen molar-refractivity contribution in [3.05, 3.63) is 64.7 Å². The topological polar surface area (TPSA) is 52.5 Å². The highest BCUT2D eigenvalue weighted by Crippen LogP contribution is 2.56. The molecule has 0 aromatic heterocycles. The predicted octanol–water partition coefficient (Wildman–Crippen LogP) is 4.06. The summed E-state index contributed by atoms with van der Waals surface area (Å²) in [5.41, 5.74) is 1.86. The molecule has 94 valence electrons. The van der Waals surface area contributed by atoms with Crippen molar-refractivity contribution in [2.45, 2.75) is 10.9 Å². The van der Waals surface area contributed by atoms with Crippen LogP contribution in [0.1, 0.15) is 17.2 Å². The van der Waals surface area contributed by atoms with Crippen LogP contribution in [0.2, 0.25) is 5.02 Å². The van der Waals surface area contributed by atoms with E-state index in [-0.39, 0.29) is 6.04 Å². The minimum atomic E-state index is -2.90. The average molecular weight is 282 g/mol. The van der Waals surface area contributed by atoms with E-state index >= 15 is 0 Å². The average Bonchev–Trinajstić information content (AvgIpc) is 2.63. The van der Waals surface area contributed by atoms with Crippen molar-refractivity contribution >= 4 is 22.4 Å². The number of hydrogen-bond acceptors (Lipinski definition) is 3. The molecule has 1 atom stereocenters. The first-order chi connectivity index (χ1) is 8.58. The standard InChI is InChI=1S/C13H12ClNO2S/c14-10-7-5-9(6-8-10)13-11-3-1-2-4-12(11)18(16,17)15-13/h1-8,13,15-17H. The van der Waals surface area contributed by atoms with E-state index in [9.17, 15) is 9.11 Å². The second kappa shape index (κ2) is 4.26. The molecule has 3 rings (SSSR count). The molecule has 1 unspecified atom stereocenters. The molecule has 2 aromatic carbocycles. The molecule has 0 aliphatic carbocycles. The number of nitrogens with one attached hydrogen (secondary N) is 1. The van der Waals surface area contributed by atoms with Gasteiger partial charge in [-0.3, -0.25) is 9.11 Å². The minimum Gasteiger partial charge on any atom is -0.281 e. The molecule has 0 saturated carbocycles. The van der Waals surface area contributed by atoms with Gasteiger partial charge in [-0.2, -0.15) is 0 Å². The van der Waals surface area contributed by atoms with Crippen LogP contribution in [0.3, 0.4) is 0 Å². The zero-order valence-electron chi connectivity index (χ0n) is 9.38. The smallest absolute Gasteiger partial charge is 0.0802 e. The molecule has 0 saturated heterocycles. The molecule has 0 radical (unpaired) electrons. The van der Waals surface area contributed by atoms with E-state index in [1.165, 1.54) is 0 Å². The molecular weight excluding hydrogens is 270 g/mol. The van der Waals surface area contributed by atoms with E-state index < -0.39 is 10.8 Å². The largest absolute Gasteiger partial charge is 0.281 e. The van der Waals surface area contributed by atoms with Crippen molar-refractivity contribution in [3.8, 4) is 0 Å². The monoisotopic (exact) mass is 281 g/mol. The molecule has 3 nitrogen and oxygen atoms in total. The summed E-state index contributed by atoms with van der Waals surface area (Å²) in [6.07, 6.45) is 0. The molecule has 0 fully saturated rings. The number of halogens is 1. The molecule has 1 heterocycles. The van der Waals surface area contributed by atoms with Crippen LogP contribution in [0.25, 0.3) is 0 Å². The third-order valence-corrected chi connectivity index (χ3v) is 4.82. The van der Waals surface area contributed by atoms with Gasteiger partial charge in [-0.05, 0) is 29.3 Å². The Morgan fingerprint density at radius 3 is 2.39 bits per heavy atom. The summed E-state index contributed by atoms with van der Waals surface area (Å²) in [6, 6.07) is 14.5. The summed E-state index contributed by atoms with van der Waals surface area (Å²) in [5, 5.41) is 0.664. The lowest BCUT2D eigenvalue weighted by atomic mass is 10.00. The first-order valence-electron chi connectivity index (χ1n) is 5.48. The first kappa shape index (κ1) is 12.0.